The van der Waals surface area contributed by atoms with Crippen LogP contribution in [0, 0.1) is 6.92 Å². The molecular formula is C15H19N5O. The number of rotatable bonds is 4. The summed E-state index contributed by atoms with van der Waals surface area (Å²) in [6.45, 7) is 3.45. The zero-order chi connectivity index (χ0) is 15.4. The van der Waals surface area contributed by atoms with Gasteiger partial charge in [-0.2, -0.15) is 4.98 Å². The van der Waals surface area contributed by atoms with Gasteiger partial charge in [0.25, 0.3) is 0 Å². The second-order valence-electron chi connectivity index (χ2n) is 4.98. The highest BCUT2D eigenvalue weighted by atomic mass is 16.1. The van der Waals surface area contributed by atoms with Crippen LogP contribution in [0.15, 0.2) is 30.5 Å². The number of nitrogens with one attached hydrogen (secondary N) is 2. The molecule has 6 heteroatoms. The van der Waals surface area contributed by atoms with Crippen LogP contribution in [0.3, 0.4) is 0 Å². The summed E-state index contributed by atoms with van der Waals surface area (Å²) in [6, 6.07) is 7.41. The summed E-state index contributed by atoms with van der Waals surface area (Å²) in [5.41, 5.74) is 2.56. The first-order valence-electron chi connectivity index (χ1n) is 6.61. The minimum Gasteiger partial charge on any atom is -0.362 e. The molecule has 2 N–H and O–H groups in total. The summed E-state index contributed by atoms with van der Waals surface area (Å²) >= 11 is 0. The molecule has 1 aromatic carbocycles. The molecule has 0 bridgehead atoms. The topological polar surface area (TPSA) is 70.2 Å². The Labute approximate surface area is 124 Å². The van der Waals surface area contributed by atoms with Gasteiger partial charge in [0.15, 0.2) is 0 Å². The lowest BCUT2D eigenvalue weighted by atomic mass is 10.2. The molecule has 0 aliphatic rings. The monoisotopic (exact) mass is 285 g/mol. The largest absolute Gasteiger partial charge is 0.362 e. The third-order valence-electron chi connectivity index (χ3n) is 2.81. The number of hydrogen-bond acceptors (Lipinski definition) is 5. The fourth-order valence-electron chi connectivity index (χ4n) is 1.95. The van der Waals surface area contributed by atoms with Gasteiger partial charge in [-0.25, -0.2) is 4.98 Å². The molecule has 0 saturated heterocycles. The molecule has 0 aliphatic heterocycles. The Morgan fingerprint density at radius 3 is 2.62 bits per heavy atom. The minimum atomic E-state index is -0.103. The van der Waals surface area contributed by atoms with E-state index in [0.717, 1.165) is 22.8 Å². The van der Waals surface area contributed by atoms with Crippen LogP contribution >= 0.6 is 0 Å². The Morgan fingerprint density at radius 1 is 1.24 bits per heavy atom. The van der Waals surface area contributed by atoms with Crippen molar-refractivity contribution in [2.45, 2.75) is 13.8 Å². The van der Waals surface area contributed by atoms with Crippen molar-refractivity contribution in [1.29, 1.82) is 0 Å². The number of aryl methyl sites for hydroxylation is 1. The maximum Gasteiger partial charge on any atom is 0.229 e. The molecule has 110 valence electrons. The Kier molecular flexibility index (Phi) is 4.37. The molecule has 6 nitrogen and oxygen atoms in total. The van der Waals surface area contributed by atoms with Crippen LogP contribution in [-0.4, -0.2) is 30.0 Å². The fraction of sp³-hybridized carbons (Fsp3) is 0.267. The van der Waals surface area contributed by atoms with E-state index in [1.165, 1.54) is 6.92 Å². The summed E-state index contributed by atoms with van der Waals surface area (Å²) in [6.07, 6.45) is 1.78. The Bertz CT molecular complexity index is 654. The number of aromatic nitrogens is 2. The highest BCUT2D eigenvalue weighted by Crippen LogP contribution is 2.20. The summed E-state index contributed by atoms with van der Waals surface area (Å²) in [5.74, 6) is 1.28. The third kappa shape index (κ3) is 3.92. The van der Waals surface area contributed by atoms with Crippen molar-refractivity contribution in [3.8, 4) is 0 Å². The highest BCUT2D eigenvalue weighted by molar-refractivity contribution is 5.89. The Balaban J connectivity index is 2.22. The van der Waals surface area contributed by atoms with E-state index in [9.17, 15) is 4.79 Å². The summed E-state index contributed by atoms with van der Waals surface area (Å²) in [4.78, 5) is 21.8. The zero-order valence-electron chi connectivity index (χ0n) is 12.6. The van der Waals surface area contributed by atoms with E-state index in [0.29, 0.717) is 5.95 Å². The normalized spacial score (nSPS) is 10.1. The summed E-state index contributed by atoms with van der Waals surface area (Å²) < 4.78 is 0. The van der Waals surface area contributed by atoms with Gasteiger partial charge in [0.2, 0.25) is 11.9 Å². The maximum atomic E-state index is 11.1. The first kappa shape index (κ1) is 14.8. The van der Waals surface area contributed by atoms with Crippen molar-refractivity contribution >= 4 is 29.0 Å². The number of hydrogen-bond donors (Lipinski definition) is 2. The van der Waals surface area contributed by atoms with Crippen LogP contribution in [0.1, 0.15) is 12.5 Å². The molecular weight excluding hydrogens is 266 g/mol. The number of anilines is 4. The molecule has 0 aliphatic carbocycles. The smallest absolute Gasteiger partial charge is 0.229 e. The number of benzene rings is 1. The second-order valence-corrected chi connectivity index (χ2v) is 4.98. The minimum absolute atomic E-state index is 0.103. The van der Waals surface area contributed by atoms with Gasteiger partial charge in [-0.1, -0.05) is 6.07 Å². The summed E-state index contributed by atoms with van der Waals surface area (Å²) in [5, 5.41) is 5.88. The van der Waals surface area contributed by atoms with Crippen molar-refractivity contribution in [3.63, 3.8) is 0 Å². The molecule has 0 atom stereocenters. The quantitative estimate of drug-likeness (QED) is 0.903. The van der Waals surface area contributed by atoms with Crippen molar-refractivity contribution in [3.05, 3.63) is 36.0 Å². The first-order valence-corrected chi connectivity index (χ1v) is 6.61. The van der Waals surface area contributed by atoms with Gasteiger partial charge < -0.3 is 15.5 Å². The van der Waals surface area contributed by atoms with Gasteiger partial charge in [-0.05, 0) is 25.1 Å². The number of nitrogens with zero attached hydrogens (tertiary/aromatic N) is 3. The standard InChI is InChI=1S/C15H19N5O/c1-10-9-16-15(19-14(10)20(3)4)18-13-7-5-6-12(8-13)17-11(2)21/h5-9H,1-4H3,(H,17,21)(H,16,18,19). The molecule has 2 rings (SSSR count). The van der Waals surface area contributed by atoms with E-state index in [1.54, 1.807) is 6.20 Å². The Hall–Kier alpha value is -2.63. The second kappa shape index (κ2) is 6.21. The molecule has 0 spiro atoms. The maximum absolute atomic E-state index is 11.1. The van der Waals surface area contributed by atoms with Gasteiger partial charge in [-0.3, -0.25) is 4.79 Å². The molecule has 1 amide bonds. The first-order chi connectivity index (χ1) is 9.95. The van der Waals surface area contributed by atoms with E-state index < -0.39 is 0 Å². The molecule has 0 fully saturated rings. The predicted molar refractivity (Wildman–Crippen MR) is 85.1 cm³/mol. The van der Waals surface area contributed by atoms with E-state index in [4.69, 9.17) is 0 Å². The average Bonchev–Trinajstić information content (AvgIpc) is 2.40. The predicted octanol–water partition coefficient (Wildman–Crippen LogP) is 2.55. The van der Waals surface area contributed by atoms with Crippen LogP contribution in [0.25, 0.3) is 0 Å². The van der Waals surface area contributed by atoms with E-state index in [2.05, 4.69) is 20.6 Å². The van der Waals surface area contributed by atoms with Crippen LogP contribution in [0.4, 0.5) is 23.1 Å². The SMILES string of the molecule is CC(=O)Nc1cccc(Nc2ncc(C)c(N(C)C)n2)c1. The lowest BCUT2D eigenvalue weighted by molar-refractivity contribution is -0.114. The van der Waals surface area contributed by atoms with Gasteiger partial charge >= 0.3 is 0 Å². The van der Waals surface area contributed by atoms with Gasteiger partial charge in [0.1, 0.15) is 5.82 Å². The van der Waals surface area contributed by atoms with Crippen LogP contribution in [-0.2, 0) is 4.79 Å². The third-order valence-corrected chi connectivity index (χ3v) is 2.81. The van der Waals surface area contributed by atoms with Crippen molar-refractivity contribution in [1.82, 2.24) is 9.97 Å². The van der Waals surface area contributed by atoms with Crippen LogP contribution < -0.4 is 15.5 Å². The molecule has 0 radical (unpaired) electrons. The zero-order valence-corrected chi connectivity index (χ0v) is 12.6. The van der Waals surface area contributed by atoms with E-state index >= 15 is 0 Å². The van der Waals surface area contributed by atoms with Crippen molar-refractivity contribution < 1.29 is 4.79 Å². The van der Waals surface area contributed by atoms with E-state index in [1.807, 2.05) is 50.2 Å². The van der Waals surface area contributed by atoms with Gasteiger partial charge in [0.05, 0.1) is 0 Å². The van der Waals surface area contributed by atoms with Crippen LogP contribution in [0.5, 0.6) is 0 Å². The van der Waals surface area contributed by atoms with Gasteiger partial charge in [0, 0.05) is 44.2 Å². The van der Waals surface area contributed by atoms with Crippen molar-refractivity contribution in [2.24, 2.45) is 0 Å². The van der Waals surface area contributed by atoms with Gasteiger partial charge in [-0.15, -0.1) is 0 Å². The van der Waals surface area contributed by atoms with Crippen LogP contribution in [0.2, 0.25) is 0 Å². The Morgan fingerprint density at radius 2 is 1.95 bits per heavy atom. The average molecular weight is 285 g/mol. The lowest BCUT2D eigenvalue weighted by Crippen LogP contribution is -2.13. The number of carbonyl (C=O) groups is 1. The summed E-state index contributed by atoms with van der Waals surface area (Å²) in [7, 11) is 3.88. The number of carbonyl (C=O) groups excluding carboxylic acids is 1. The molecule has 2 aromatic rings. The molecule has 21 heavy (non-hydrogen) atoms. The molecule has 1 heterocycles. The molecule has 1 aromatic heterocycles. The van der Waals surface area contributed by atoms with Crippen molar-refractivity contribution in [2.75, 3.05) is 29.6 Å². The number of amides is 1. The van der Waals surface area contributed by atoms with E-state index in [-0.39, 0.29) is 5.91 Å². The highest BCUT2D eigenvalue weighted by Gasteiger charge is 2.06. The fourth-order valence-corrected chi connectivity index (χ4v) is 1.95. The lowest BCUT2D eigenvalue weighted by Gasteiger charge is -2.15. The molecule has 0 unspecified atom stereocenters. The molecule has 0 saturated carbocycles.